The minimum absolute atomic E-state index is 0.588. The molecule has 0 fully saturated rings. The Bertz CT molecular complexity index is 200. The van der Waals surface area contributed by atoms with Gasteiger partial charge in [0.15, 0.2) is 0 Å². The van der Waals surface area contributed by atoms with Gasteiger partial charge < -0.3 is 0 Å². The van der Waals surface area contributed by atoms with Crippen LogP contribution in [0, 0.1) is 5.92 Å². The molecule has 0 aromatic rings. The second-order valence-electron chi connectivity index (χ2n) is 3.13. The quantitative estimate of drug-likeness (QED) is 0.425. The van der Waals surface area contributed by atoms with E-state index in [2.05, 4.69) is 44.9 Å². The van der Waals surface area contributed by atoms with Gasteiger partial charge in [-0.1, -0.05) is 44.7 Å². The summed E-state index contributed by atoms with van der Waals surface area (Å²) in [5.41, 5.74) is 4.02. The van der Waals surface area contributed by atoms with Crippen LogP contribution in [0.25, 0.3) is 0 Å². The summed E-state index contributed by atoms with van der Waals surface area (Å²) in [6.45, 7) is 11.8. The minimum Gasteiger partial charge on any atom is -0.133 e. The Hall–Kier alpha value is -1.00. The maximum absolute atomic E-state index is 3.98. The predicted octanol–water partition coefficient (Wildman–Crippen LogP) is 3.88. The summed E-state index contributed by atoms with van der Waals surface area (Å²) in [4.78, 5) is 0. The third-order valence-corrected chi connectivity index (χ3v) is 1.76. The van der Waals surface area contributed by atoms with Gasteiger partial charge in [0, 0.05) is 0 Å². The summed E-state index contributed by atoms with van der Waals surface area (Å²) in [6.07, 6.45) is 8.09. The number of hydrogen-bond acceptors (Lipinski definition) is 0. The van der Waals surface area contributed by atoms with E-state index in [1.807, 2.05) is 6.08 Å². The third-order valence-electron chi connectivity index (χ3n) is 1.76. The summed E-state index contributed by atoms with van der Waals surface area (Å²) in [5, 5.41) is 0. The molecular weight excluding hydrogens is 144 g/mol. The van der Waals surface area contributed by atoms with Crippen LogP contribution in [0.5, 0.6) is 0 Å². The number of allylic oxidation sites excluding steroid dienone is 4. The molecule has 0 heterocycles. The molecule has 0 aliphatic carbocycles. The second-order valence-corrected chi connectivity index (χ2v) is 3.13. The third kappa shape index (κ3) is 5.76. The first-order valence-electron chi connectivity index (χ1n) is 4.35. The van der Waals surface area contributed by atoms with Gasteiger partial charge in [-0.05, 0) is 24.8 Å². The molecule has 0 radical (unpaired) electrons. The highest BCUT2D eigenvalue weighted by molar-refractivity contribution is 5.05. The van der Waals surface area contributed by atoms with E-state index in [9.17, 15) is 0 Å². The van der Waals surface area contributed by atoms with Crippen molar-refractivity contribution in [3.8, 4) is 0 Å². The molecule has 0 aromatic carbocycles. The lowest BCUT2D eigenvalue weighted by molar-refractivity contribution is 0.751. The molecule has 12 heavy (non-hydrogen) atoms. The highest BCUT2D eigenvalue weighted by Crippen LogP contribution is 2.11. The Kier molecular flexibility index (Phi) is 6.14. The monoisotopic (exact) mass is 162 g/mol. The molecule has 0 heteroatoms. The van der Waals surface area contributed by atoms with Crippen molar-refractivity contribution in [2.45, 2.75) is 26.7 Å². The van der Waals surface area contributed by atoms with Crippen molar-refractivity contribution in [3.63, 3.8) is 0 Å². The summed E-state index contributed by atoms with van der Waals surface area (Å²) >= 11 is 0. The summed E-state index contributed by atoms with van der Waals surface area (Å²) in [7, 11) is 0. The molecule has 0 N–H and O–H groups in total. The van der Waals surface area contributed by atoms with Crippen LogP contribution in [0.4, 0.5) is 0 Å². The Morgan fingerprint density at radius 3 is 2.58 bits per heavy atom. The van der Waals surface area contributed by atoms with Crippen LogP contribution in [0.2, 0.25) is 0 Å². The standard InChI is InChI=1S/C12H18/c1-5-6-7-8-9-10-12(4)11(2)3/h6,8-9,11H,1,4,7,10H2,2-3H3. The smallest absolute Gasteiger partial charge is 0.00930 e. The van der Waals surface area contributed by atoms with Crippen molar-refractivity contribution in [2.75, 3.05) is 0 Å². The van der Waals surface area contributed by atoms with E-state index in [0.29, 0.717) is 5.92 Å². The number of rotatable bonds is 5. The lowest BCUT2D eigenvalue weighted by Crippen LogP contribution is -1.89. The van der Waals surface area contributed by atoms with Crippen molar-refractivity contribution >= 4 is 0 Å². The zero-order chi connectivity index (χ0) is 9.40. The van der Waals surface area contributed by atoms with Crippen LogP contribution < -0.4 is 0 Å². The van der Waals surface area contributed by atoms with Crippen LogP contribution in [0.1, 0.15) is 26.7 Å². The van der Waals surface area contributed by atoms with Crippen LogP contribution in [-0.2, 0) is 0 Å². The van der Waals surface area contributed by atoms with E-state index in [-0.39, 0.29) is 0 Å². The maximum atomic E-state index is 3.98. The van der Waals surface area contributed by atoms with Gasteiger partial charge in [0.05, 0.1) is 0 Å². The molecule has 0 atom stereocenters. The van der Waals surface area contributed by atoms with Gasteiger partial charge >= 0.3 is 0 Å². The minimum atomic E-state index is 0.588. The zero-order valence-corrected chi connectivity index (χ0v) is 8.14. The van der Waals surface area contributed by atoms with Gasteiger partial charge in [-0.25, -0.2) is 0 Å². The molecule has 0 amide bonds. The first-order chi connectivity index (χ1) is 5.68. The van der Waals surface area contributed by atoms with E-state index >= 15 is 0 Å². The van der Waals surface area contributed by atoms with Crippen LogP contribution in [-0.4, -0.2) is 0 Å². The van der Waals surface area contributed by atoms with Crippen LogP contribution in [0.15, 0.2) is 42.7 Å². The van der Waals surface area contributed by atoms with Crippen molar-refractivity contribution in [1.29, 1.82) is 0 Å². The first-order valence-corrected chi connectivity index (χ1v) is 4.35. The number of hydrogen-bond donors (Lipinski definition) is 0. The zero-order valence-electron chi connectivity index (χ0n) is 8.14. The molecule has 0 nitrogen and oxygen atoms in total. The van der Waals surface area contributed by atoms with Crippen molar-refractivity contribution < 1.29 is 0 Å². The average molecular weight is 162 g/mol. The molecule has 0 bridgehead atoms. The highest BCUT2D eigenvalue weighted by Gasteiger charge is 1.95. The van der Waals surface area contributed by atoms with Gasteiger partial charge in [0.1, 0.15) is 0 Å². The van der Waals surface area contributed by atoms with Crippen molar-refractivity contribution in [3.05, 3.63) is 42.7 Å². The lowest BCUT2D eigenvalue weighted by atomic mass is 10.0. The highest BCUT2D eigenvalue weighted by atomic mass is 14.0. The lowest BCUT2D eigenvalue weighted by Gasteiger charge is -2.04. The molecule has 66 valence electrons. The molecule has 0 aromatic heterocycles. The fourth-order valence-corrected chi connectivity index (χ4v) is 0.718. The predicted molar refractivity (Wildman–Crippen MR) is 56.1 cm³/mol. The Morgan fingerprint density at radius 1 is 1.42 bits per heavy atom. The molecule has 0 unspecified atom stereocenters. The van der Waals surface area contributed by atoms with Crippen LogP contribution in [0.3, 0.4) is 0 Å². The summed E-state index contributed by atoms with van der Waals surface area (Å²) in [5.74, 6) is 0.588. The van der Waals surface area contributed by atoms with E-state index in [0.717, 1.165) is 12.8 Å². The van der Waals surface area contributed by atoms with Crippen molar-refractivity contribution in [2.24, 2.45) is 5.92 Å². The Morgan fingerprint density at radius 2 is 2.08 bits per heavy atom. The first kappa shape index (κ1) is 11.0. The SMILES string of the molecule is C=C=CCC=CCC(=C)C(C)C. The largest absolute Gasteiger partial charge is 0.133 e. The van der Waals surface area contributed by atoms with E-state index < -0.39 is 0 Å². The van der Waals surface area contributed by atoms with E-state index in [1.165, 1.54) is 5.57 Å². The van der Waals surface area contributed by atoms with Crippen molar-refractivity contribution in [1.82, 2.24) is 0 Å². The normalized spacial score (nSPS) is 10.2. The maximum Gasteiger partial charge on any atom is -0.00930 e. The fraction of sp³-hybridized carbons (Fsp3) is 0.417. The molecule has 0 rings (SSSR count). The van der Waals surface area contributed by atoms with E-state index in [4.69, 9.17) is 0 Å². The second kappa shape index (κ2) is 6.69. The van der Waals surface area contributed by atoms with Gasteiger partial charge in [-0.15, -0.1) is 5.73 Å². The molecule has 0 aliphatic rings. The average Bonchev–Trinajstić information content (AvgIpc) is 2.03. The Balaban J connectivity index is 3.60. The fourth-order valence-electron chi connectivity index (χ4n) is 0.718. The topological polar surface area (TPSA) is 0 Å². The summed E-state index contributed by atoms with van der Waals surface area (Å²) in [6, 6.07) is 0. The van der Waals surface area contributed by atoms with Crippen LogP contribution >= 0.6 is 0 Å². The molecule has 0 spiro atoms. The molecular formula is C12H18. The molecule has 0 aliphatic heterocycles. The van der Waals surface area contributed by atoms with Gasteiger partial charge in [0.25, 0.3) is 0 Å². The van der Waals surface area contributed by atoms with E-state index in [1.54, 1.807) is 0 Å². The van der Waals surface area contributed by atoms with Gasteiger partial charge in [-0.2, -0.15) is 0 Å². The van der Waals surface area contributed by atoms with Gasteiger partial charge in [0.2, 0.25) is 0 Å². The van der Waals surface area contributed by atoms with Gasteiger partial charge in [-0.3, -0.25) is 0 Å². The summed E-state index contributed by atoms with van der Waals surface area (Å²) < 4.78 is 0. The molecule has 0 saturated carbocycles. The molecule has 0 saturated heterocycles. The Labute approximate surface area is 76.0 Å².